The van der Waals surface area contributed by atoms with Crippen molar-refractivity contribution in [1.82, 2.24) is 10.3 Å². The first kappa shape index (κ1) is 12.6. The predicted octanol–water partition coefficient (Wildman–Crippen LogP) is 0.267. The summed E-state index contributed by atoms with van der Waals surface area (Å²) in [4.78, 5) is 26.6. The van der Waals surface area contributed by atoms with Gasteiger partial charge in [0.25, 0.3) is 5.91 Å². The number of carbonyl (C=O) groups is 2. The van der Waals surface area contributed by atoms with Crippen LogP contribution in [-0.4, -0.2) is 29.5 Å². The van der Waals surface area contributed by atoms with Crippen LogP contribution in [-0.2, 0) is 9.53 Å². The number of esters is 1. The lowest BCUT2D eigenvalue weighted by molar-refractivity contribution is -0.143. The molecule has 1 amide bonds. The van der Waals surface area contributed by atoms with Crippen molar-refractivity contribution in [3.63, 3.8) is 0 Å². The highest BCUT2D eigenvalue weighted by Gasteiger charge is 2.22. The van der Waals surface area contributed by atoms with E-state index in [9.17, 15) is 9.59 Å². The first-order valence-electron chi connectivity index (χ1n) is 4.97. The highest BCUT2D eigenvalue weighted by Crippen LogP contribution is 1.95. The van der Waals surface area contributed by atoms with Gasteiger partial charge in [-0.15, -0.1) is 0 Å². The standard InChI is InChI=1S/C11H11N3O3/c1-2-17-11(16)9(7-12)14-10(15)8-5-3-4-6-13-8/h3-6,9H,2H2,1H3,(H,14,15)/t9-/m1/s1. The molecule has 1 atom stereocenters. The number of ether oxygens (including phenoxy) is 1. The lowest BCUT2D eigenvalue weighted by Gasteiger charge is -2.09. The summed E-state index contributed by atoms with van der Waals surface area (Å²) >= 11 is 0. The number of nitrogens with one attached hydrogen (secondary N) is 1. The van der Waals surface area contributed by atoms with Crippen molar-refractivity contribution in [2.75, 3.05) is 6.61 Å². The van der Waals surface area contributed by atoms with Gasteiger partial charge in [0.15, 0.2) is 0 Å². The fourth-order valence-corrected chi connectivity index (χ4v) is 1.07. The fourth-order valence-electron chi connectivity index (χ4n) is 1.07. The van der Waals surface area contributed by atoms with Crippen LogP contribution in [0.5, 0.6) is 0 Å². The number of nitrogens with zero attached hydrogens (tertiary/aromatic N) is 2. The molecule has 88 valence electrons. The van der Waals surface area contributed by atoms with Crippen molar-refractivity contribution in [1.29, 1.82) is 5.26 Å². The van der Waals surface area contributed by atoms with Crippen molar-refractivity contribution in [2.24, 2.45) is 0 Å². The normalized spacial score (nSPS) is 11.1. The molecular formula is C11H11N3O3. The third kappa shape index (κ3) is 3.57. The average molecular weight is 233 g/mol. The molecule has 0 radical (unpaired) electrons. The van der Waals surface area contributed by atoms with Gasteiger partial charge in [-0.1, -0.05) is 6.07 Å². The molecule has 6 heteroatoms. The molecule has 1 heterocycles. The molecule has 0 spiro atoms. The van der Waals surface area contributed by atoms with Crippen LogP contribution in [0.4, 0.5) is 0 Å². The van der Waals surface area contributed by atoms with Crippen molar-refractivity contribution in [2.45, 2.75) is 13.0 Å². The molecule has 1 N–H and O–H groups in total. The number of hydrogen-bond donors (Lipinski definition) is 1. The summed E-state index contributed by atoms with van der Waals surface area (Å²) in [6.45, 7) is 1.77. The van der Waals surface area contributed by atoms with E-state index in [0.717, 1.165) is 0 Å². The second kappa shape index (κ2) is 6.23. The predicted molar refractivity (Wildman–Crippen MR) is 57.7 cm³/mol. The summed E-state index contributed by atoms with van der Waals surface area (Å²) in [5.74, 6) is -1.37. The maximum atomic E-state index is 11.6. The first-order valence-corrected chi connectivity index (χ1v) is 4.97. The van der Waals surface area contributed by atoms with E-state index in [1.54, 1.807) is 25.1 Å². The number of pyridine rings is 1. The molecule has 0 saturated carbocycles. The van der Waals surface area contributed by atoms with Gasteiger partial charge < -0.3 is 10.1 Å². The van der Waals surface area contributed by atoms with E-state index in [2.05, 4.69) is 15.0 Å². The lowest BCUT2D eigenvalue weighted by Crippen LogP contribution is -2.41. The fraction of sp³-hybridized carbons (Fsp3) is 0.273. The summed E-state index contributed by atoms with van der Waals surface area (Å²) in [6.07, 6.45) is 1.45. The molecule has 0 fully saturated rings. The highest BCUT2D eigenvalue weighted by atomic mass is 16.5. The summed E-state index contributed by atoms with van der Waals surface area (Å²) in [6, 6.07) is 5.11. The van der Waals surface area contributed by atoms with Gasteiger partial charge in [-0.2, -0.15) is 5.26 Å². The Morgan fingerprint density at radius 1 is 1.59 bits per heavy atom. The number of rotatable bonds is 4. The van der Waals surface area contributed by atoms with E-state index < -0.39 is 17.9 Å². The Morgan fingerprint density at radius 3 is 2.88 bits per heavy atom. The van der Waals surface area contributed by atoms with Crippen LogP contribution in [0.2, 0.25) is 0 Å². The maximum Gasteiger partial charge on any atom is 0.343 e. The van der Waals surface area contributed by atoms with Gasteiger partial charge in [0.2, 0.25) is 6.04 Å². The highest BCUT2D eigenvalue weighted by molar-refractivity contribution is 5.95. The zero-order chi connectivity index (χ0) is 12.7. The molecule has 6 nitrogen and oxygen atoms in total. The second-order valence-corrected chi connectivity index (χ2v) is 3.00. The first-order chi connectivity index (χ1) is 8.19. The Hall–Kier alpha value is -2.42. The third-order valence-electron chi connectivity index (χ3n) is 1.82. The van der Waals surface area contributed by atoms with E-state index in [-0.39, 0.29) is 12.3 Å². The van der Waals surface area contributed by atoms with Gasteiger partial charge in [-0.05, 0) is 19.1 Å². The molecule has 17 heavy (non-hydrogen) atoms. The topological polar surface area (TPSA) is 92.1 Å². The summed E-state index contributed by atoms with van der Waals surface area (Å²) < 4.78 is 4.64. The van der Waals surface area contributed by atoms with E-state index >= 15 is 0 Å². The van der Waals surface area contributed by atoms with Crippen LogP contribution in [0.3, 0.4) is 0 Å². The molecule has 1 aromatic rings. The molecule has 0 unspecified atom stereocenters. The van der Waals surface area contributed by atoms with Gasteiger partial charge in [-0.25, -0.2) is 4.79 Å². The zero-order valence-electron chi connectivity index (χ0n) is 9.21. The maximum absolute atomic E-state index is 11.6. The molecule has 0 aromatic carbocycles. The Balaban J connectivity index is 2.67. The van der Waals surface area contributed by atoms with Crippen molar-refractivity contribution < 1.29 is 14.3 Å². The van der Waals surface area contributed by atoms with E-state index in [1.165, 1.54) is 12.3 Å². The largest absolute Gasteiger partial charge is 0.464 e. The number of carbonyl (C=O) groups excluding carboxylic acids is 2. The average Bonchev–Trinajstić information content (AvgIpc) is 2.37. The summed E-state index contributed by atoms with van der Waals surface area (Å²) in [7, 11) is 0. The van der Waals surface area contributed by atoms with Gasteiger partial charge in [0.05, 0.1) is 12.7 Å². The Morgan fingerprint density at radius 2 is 2.35 bits per heavy atom. The lowest BCUT2D eigenvalue weighted by atomic mass is 10.3. The molecule has 1 aromatic heterocycles. The minimum Gasteiger partial charge on any atom is -0.464 e. The molecule has 0 aliphatic heterocycles. The zero-order valence-corrected chi connectivity index (χ0v) is 9.21. The SMILES string of the molecule is CCOC(=O)[C@@H](C#N)NC(=O)c1ccccn1. The minimum absolute atomic E-state index is 0.136. The van der Waals surface area contributed by atoms with Crippen molar-refractivity contribution in [3.05, 3.63) is 30.1 Å². The summed E-state index contributed by atoms with van der Waals surface area (Å²) in [5, 5.41) is 11.0. The molecular weight excluding hydrogens is 222 g/mol. The second-order valence-electron chi connectivity index (χ2n) is 3.00. The smallest absolute Gasteiger partial charge is 0.343 e. The molecule has 1 rings (SSSR count). The Labute approximate surface area is 98.2 Å². The third-order valence-corrected chi connectivity index (χ3v) is 1.82. The van der Waals surface area contributed by atoms with Crippen LogP contribution in [0.1, 0.15) is 17.4 Å². The minimum atomic E-state index is -1.32. The number of amides is 1. The van der Waals surface area contributed by atoms with E-state index in [4.69, 9.17) is 5.26 Å². The number of nitriles is 1. The van der Waals surface area contributed by atoms with Crippen molar-refractivity contribution >= 4 is 11.9 Å². The van der Waals surface area contributed by atoms with Crippen LogP contribution in [0, 0.1) is 11.3 Å². The quantitative estimate of drug-likeness (QED) is 0.753. The Kier molecular flexibility index (Phi) is 4.63. The molecule has 0 saturated heterocycles. The summed E-state index contributed by atoms with van der Waals surface area (Å²) in [5.41, 5.74) is 0.136. The Bertz CT molecular complexity index is 439. The van der Waals surface area contributed by atoms with Crippen LogP contribution >= 0.6 is 0 Å². The van der Waals surface area contributed by atoms with Gasteiger partial charge in [0.1, 0.15) is 5.69 Å². The molecule has 0 aliphatic carbocycles. The van der Waals surface area contributed by atoms with Crippen LogP contribution < -0.4 is 5.32 Å². The number of hydrogen-bond acceptors (Lipinski definition) is 5. The van der Waals surface area contributed by atoms with E-state index in [1.807, 2.05) is 0 Å². The van der Waals surface area contributed by atoms with Crippen molar-refractivity contribution in [3.8, 4) is 6.07 Å². The monoisotopic (exact) mass is 233 g/mol. The number of aromatic nitrogens is 1. The van der Waals surface area contributed by atoms with Crippen LogP contribution in [0.25, 0.3) is 0 Å². The van der Waals surface area contributed by atoms with Crippen LogP contribution in [0.15, 0.2) is 24.4 Å². The van der Waals surface area contributed by atoms with Gasteiger partial charge >= 0.3 is 5.97 Å². The van der Waals surface area contributed by atoms with Gasteiger partial charge in [-0.3, -0.25) is 9.78 Å². The van der Waals surface area contributed by atoms with E-state index in [0.29, 0.717) is 0 Å². The molecule has 0 aliphatic rings. The van der Waals surface area contributed by atoms with Gasteiger partial charge in [0, 0.05) is 6.20 Å². The molecule has 0 bridgehead atoms.